The van der Waals surface area contributed by atoms with E-state index in [0.29, 0.717) is 5.69 Å². The molecule has 4 aromatic rings. The first kappa shape index (κ1) is 21.7. The van der Waals surface area contributed by atoms with Gasteiger partial charge >= 0.3 is 0 Å². The number of pyridine rings is 1. The molecule has 0 unspecified atom stereocenters. The van der Waals surface area contributed by atoms with Crippen LogP contribution in [0.5, 0.6) is 0 Å². The second-order valence-corrected chi connectivity index (χ2v) is 9.96. The second-order valence-electron chi connectivity index (χ2n) is 8.97. The lowest BCUT2D eigenvalue weighted by molar-refractivity contribution is 0.0655. The van der Waals surface area contributed by atoms with Gasteiger partial charge < -0.3 is 9.80 Å². The fourth-order valence-corrected chi connectivity index (χ4v) is 5.67. The summed E-state index contributed by atoms with van der Waals surface area (Å²) >= 11 is 1.51. The number of piperidine rings is 1. The van der Waals surface area contributed by atoms with Crippen molar-refractivity contribution in [3.8, 4) is 21.1 Å². The predicted molar refractivity (Wildman–Crippen MR) is 133 cm³/mol. The van der Waals surface area contributed by atoms with Crippen LogP contribution in [0.4, 0.5) is 0 Å². The van der Waals surface area contributed by atoms with Crippen LogP contribution in [0, 0.1) is 13.8 Å². The zero-order chi connectivity index (χ0) is 23.1. The van der Waals surface area contributed by atoms with Crippen molar-refractivity contribution in [2.24, 2.45) is 0 Å². The summed E-state index contributed by atoms with van der Waals surface area (Å²) in [7, 11) is 4.03. The largest absolute Gasteiger partial charge is 0.337 e. The summed E-state index contributed by atoms with van der Waals surface area (Å²) in [5.74, 6) is -0.0397. The van der Waals surface area contributed by atoms with Crippen LogP contribution in [-0.2, 0) is 0 Å². The van der Waals surface area contributed by atoms with E-state index in [1.54, 1.807) is 12.4 Å². The van der Waals surface area contributed by atoms with Crippen molar-refractivity contribution in [2.75, 3.05) is 27.2 Å². The molecule has 0 spiro atoms. The van der Waals surface area contributed by atoms with Crippen molar-refractivity contribution >= 4 is 28.1 Å². The number of benzene rings is 1. The Labute approximate surface area is 197 Å². The van der Waals surface area contributed by atoms with Crippen LogP contribution in [0.15, 0.2) is 36.7 Å². The zero-order valence-electron chi connectivity index (χ0n) is 19.4. The van der Waals surface area contributed by atoms with E-state index in [-0.39, 0.29) is 11.9 Å². The Bertz CT molecular complexity index is 1300. The molecule has 0 saturated carbocycles. The highest BCUT2D eigenvalue weighted by molar-refractivity contribution is 7.18. The molecule has 5 rings (SSSR count). The molecular formula is C25H28N6OS. The first-order valence-electron chi connectivity index (χ1n) is 11.2. The number of carbonyl (C=O) groups is 1. The molecule has 1 aromatic carbocycles. The van der Waals surface area contributed by atoms with Gasteiger partial charge in [-0.25, -0.2) is 4.98 Å². The molecule has 1 saturated heterocycles. The molecule has 8 heteroatoms. The fourth-order valence-electron chi connectivity index (χ4n) is 4.61. The number of amides is 1. The summed E-state index contributed by atoms with van der Waals surface area (Å²) in [5, 5.41) is 9.51. The van der Waals surface area contributed by atoms with Gasteiger partial charge in [-0.2, -0.15) is 5.10 Å². The molecule has 1 aliphatic heterocycles. The molecule has 1 fully saturated rings. The van der Waals surface area contributed by atoms with Crippen LogP contribution in [0.25, 0.3) is 32.0 Å². The van der Waals surface area contributed by atoms with Crippen molar-refractivity contribution in [2.45, 2.75) is 32.7 Å². The highest BCUT2D eigenvalue weighted by atomic mass is 32.1. The van der Waals surface area contributed by atoms with Gasteiger partial charge in [-0.15, -0.1) is 11.3 Å². The van der Waals surface area contributed by atoms with Crippen LogP contribution in [-0.4, -0.2) is 69.1 Å². The van der Waals surface area contributed by atoms with Crippen molar-refractivity contribution < 1.29 is 4.79 Å². The first-order chi connectivity index (χ1) is 15.9. The number of carbonyl (C=O) groups excluding carboxylic acids is 1. The Morgan fingerprint density at radius 3 is 2.76 bits per heavy atom. The molecule has 1 aliphatic rings. The Morgan fingerprint density at radius 2 is 2.03 bits per heavy atom. The van der Waals surface area contributed by atoms with E-state index >= 15 is 0 Å². The standard InChI is InChI=1S/C25H28N6OS/c1-15-12-16(2)20-19(13-15)21(29-28-20)24-27-22(23(33-24)17-6-5-9-26-14-17)25(32)31(4)18-7-10-30(3)11-8-18/h5-6,9,12-14,18H,7-8,10-11H2,1-4H3,(H,28,29). The van der Waals surface area contributed by atoms with Crippen molar-refractivity contribution in [3.05, 3.63) is 53.5 Å². The topological polar surface area (TPSA) is 78.0 Å². The lowest BCUT2D eigenvalue weighted by atomic mass is 10.0. The maximum atomic E-state index is 13.7. The quantitative estimate of drug-likeness (QED) is 0.484. The van der Waals surface area contributed by atoms with Crippen LogP contribution in [0.2, 0.25) is 0 Å². The highest BCUT2D eigenvalue weighted by Gasteiger charge is 2.29. The smallest absolute Gasteiger partial charge is 0.274 e. The minimum atomic E-state index is -0.0397. The number of hydrogen-bond donors (Lipinski definition) is 1. The maximum Gasteiger partial charge on any atom is 0.274 e. The molecule has 3 aromatic heterocycles. The summed E-state index contributed by atoms with van der Waals surface area (Å²) in [6.07, 6.45) is 5.48. The van der Waals surface area contributed by atoms with E-state index in [9.17, 15) is 4.79 Å². The van der Waals surface area contributed by atoms with E-state index in [4.69, 9.17) is 4.98 Å². The summed E-state index contributed by atoms with van der Waals surface area (Å²) in [5.41, 5.74) is 5.46. The molecule has 0 bridgehead atoms. The number of aryl methyl sites for hydroxylation is 2. The van der Waals surface area contributed by atoms with E-state index < -0.39 is 0 Å². The van der Waals surface area contributed by atoms with Crippen LogP contribution in [0.1, 0.15) is 34.5 Å². The van der Waals surface area contributed by atoms with Crippen LogP contribution in [0.3, 0.4) is 0 Å². The lowest BCUT2D eigenvalue weighted by Crippen LogP contribution is -2.44. The van der Waals surface area contributed by atoms with Gasteiger partial charge in [0.1, 0.15) is 16.4 Å². The lowest BCUT2D eigenvalue weighted by Gasteiger charge is -2.34. The van der Waals surface area contributed by atoms with Gasteiger partial charge in [0.25, 0.3) is 5.91 Å². The number of H-pyrrole nitrogens is 1. The number of fused-ring (bicyclic) bond motifs is 1. The molecule has 1 N–H and O–H groups in total. The SMILES string of the molecule is Cc1cc(C)c2n[nH]c(-c3nc(C(=O)N(C)C4CCN(C)CC4)c(-c4cccnc4)s3)c2c1. The van der Waals surface area contributed by atoms with E-state index in [1.165, 1.54) is 16.9 Å². The van der Waals surface area contributed by atoms with Gasteiger partial charge in [0, 0.05) is 36.4 Å². The van der Waals surface area contributed by atoms with Crippen molar-refractivity contribution in [1.82, 2.24) is 30.0 Å². The average Bonchev–Trinajstić information content (AvgIpc) is 3.44. The minimum Gasteiger partial charge on any atom is -0.337 e. The molecule has 33 heavy (non-hydrogen) atoms. The summed E-state index contributed by atoms with van der Waals surface area (Å²) < 4.78 is 0. The molecule has 7 nitrogen and oxygen atoms in total. The molecule has 4 heterocycles. The third-order valence-corrected chi connectivity index (χ3v) is 7.64. The Morgan fingerprint density at radius 1 is 1.24 bits per heavy atom. The van der Waals surface area contributed by atoms with Gasteiger partial charge in [-0.05, 0) is 64.5 Å². The molecule has 0 aliphatic carbocycles. The summed E-state index contributed by atoms with van der Waals surface area (Å²) in [4.78, 5) is 27.9. The summed E-state index contributed by atoms with van der Waals surface area (Å²) in [6.45, 7) is 6.14. The fraction of sp³-hybridized carbons (Fsp3) is 0.360. The molecule has 0 atom stereocenters. The normalized spacial score (nSPS) is 15.3. The Hall–Kier alpha value is -3.10. The van der Waals surface area contributed by atoms with E-state index in [0.717, 1.165) is 63.5 Å². The van der Waals surface area contributed by atoms with E-state index in [2.05, 4.69) is 53.1 Å². The van der Waals surface area contributed by atoms with Crippen molar-refractivity contribution in [1.29, 1.82) is 0 Å². The highest BCUT2D eigenvalue weighted by Crippen LogP contribution is 2.38. The number of aromatic nitrogens is 4. The average molecular weight is 461 g/mol. The third-order valence-electron chi connectivity index (χ3n) is 6.52. The molecular weight excluding hydrogens is 432 g/mol. The summed E-state index contributed by atoms with van der Waals surface area (Å²) in [6, 6.07) is 8.34. The van der Waals surface area contributed by atoms with Crippen LogP contribution < -0.4 is 0 Å². The van der Waals surface area contributed by atoms with Gasteiger partial charge in [0.15, 0.2) is 0 Å². The minimum absolute atomic E-state index is 0.0397. The number of aromatic amines is 1. The van der Waals surface area contributed by atoms with Crippen molar-refractivity contribution in [3.63, 3.8) is 0 Å². The Kier molecular flexibility index (Phi) is 5.72. The molecule has 170 valence electrons. The molecule has 1 amide bonds. The van der Waals surface area contributed by atoms with Crippen LogP contribution >= 0.6 is 11.3 Å². The number of thiazole rings is 1. The molecule has 0 radical (unpaired) electrons. The maximum absolute atomic E-state index is 13.7. The zero-order valence-corrected chi connectivity index (χ0v) is 20.2. The monoisotopic (exact) mass is 460 g/mol. The third kappa shape index (κ3) is 4.05. The second kappa shape index (κ2) is 8.68. The number of rotatable bonds is 4. The first-order valence-corrected chi connectivity index (χ1v) is 12.1. The van der Waals surface area contributed by atoms with Gasteiger partial charge in [-0.3, -0.25) is 14.9 Å². The number of hydrogen-bond acceptors (Lipinski definition) is 6. The van der Waals surface area contributed by atoms with Gasteiger partial charge in [0.05, 0.1) is 10.4 Å². The Balaban J connectivity index is 1.59. The van der Waals surface area contributed by atoms with Gasteiger partial charge in [-0.1, -0.05) is 17.7 Å². The predicted octanol–water partition coefficient (Wildman–Crippen LogP) is 4.53. The van der Waals surface area contributed by atoms with Gasteiger partial charge in [0.2, 0.25) is 0 Å². The van der Waals surface area contributed by atoms with E-state index in [1.807, 2.05) is 24.1 Å². The number of likely N-dealkylation sites (tertiary alicyclic amines) is 1. The number of nitrogens with zero attached hydrogens (tertiary/aromatic N) is 5. The number of nitrogens with one attached hydrogen (secondary N) is 1.